The third-order valence-corrected chi connectivity index (χ3v) is 2.48. The Hall–Kier alpha value is -0.200. The van der Waals surface area contributed by atoms with Crippen LogP contribution in [0.25, 0.3) is 0 Å². The fourth-order valence-corrected chi connectivity index (χ4v) is 1.47. The zero-order valence-electron chi connectivity index (χ0n) is 7.75. The Morgan fingerprint density at radius 2 is 1.37 bits per heavy atom. The zero-order chi connectivity index (χ0) is 10.0. The molecule has 0 amide bonds. The van der Waals surface area contributed by atoms with E-state index in [1.807, 2.05) is 0 Å². The van der Waals surface area contributed by atoms with Crippen LogP contribution in [0.3, 0.4) is 0 Å². The van der Waals surface area contributed by atoms with Crippen molar-refractivity contribution >= 4 is 0 Å². The fraction of sp³-hybridized carbons (Fsp3) is 1.00. The number of rotatable bonds is 2. The molecule has 5 nitrogen and oxygen atoms in total. The molecule has 3 N–H and O–H groups in total. The lowest BCUT2D eigenvalue weighted by molar-refractivity contribution is -0.280. The lowest BCUT2D eigenvalue weighted by atomic mass is 9.91. The molecular formula is C14H40O5. The summed E-state index contributed by atoms with van der Waals surface area (Å²) < 4.78 is 10.0. The molecule has 5 unspecified atom stereocenters. The highest BCUT2D eigenvalue weighted by Gasteiger charge is 2.41. The van der Waals surface area contributed by atoms with Gasteiger partial charge in [-0.25, -0.2) is 0 Å². The van der Waals surface area contributed by atoms with Gasteiger partial charge in [0, 0.05) is 13.0 Å². The smallest absolute Gasteiger partial charge is 0.186 e. The van der Waals surface area contributed by atoms with Crippen LogP contribution in [0.15, 0.2) is 0 Å². The van der Waals surface area contributed by atoms with E-state index >= 15 is 0 Å². The van der Waals surface area contributed by atoms with Gasteiger partial charge >= 0.3 is 0 Å². The molecule has 0 saturated carbocycles. The van der Waals surface area contributed by atoms with E-state index in [2.05, 4.69) is 0 Å². The van der Waals surface area contributed by atoms with Gasteiger partial charge in [-0.1, -0.05) is 51.5 Å². The second-order valence-corrected chi connectivity index (χ2v) is 3.30. The average Bonchev–Trinajstić information content (AvgIpc) is 2.15. The number of aliphatic hydroxyl groups is 3. The average molecular weight is 288 g/mol. The lowest BCUT2D eigenvalue weighted by Crippen LogP contribution is -2.55. The summed E-state index contributed by atoms with van der Waals surface area (Å²) in [6.07, 6.45) is -3.31. The van der Waals surface area contributed by atoms with Crippen LogP contribution in [0, 0.1) is 5.92 Å². The zero-order valence-corrected chi connectivity index (χ0v) is 7.75. The van der Waals surface area contributed by atoms with Gasteiger partial charge in [0.15, 0.2) is 6.29 Å². The molecule has 1 saturated heterocycles. The highest BCUT2D eigenvalue weighted by Crippen LogP contribution is 2.25. The number of aliphatic hydroxyl groups excluding tert-OH is 3. The predicted molar refractivity (Wildman–Crippen MR) is 84.3 cm³/mol. The first kappa shape index (κ1) is 36.4. The number of methoxy groups -OCH3 is 1. The second-order valence-electron chi connectivity index (χ2n) is 3.30. The molecule has 5 heteroatoms. The molecule has 5 atom stereocenters. The van der Waals surface area contributed by atoms with Gasteiger partial charge in [0.25, 0.3) is 0 Å². The van der Waals surface area contributed by atoms with E-state index in [0.717, 1.165) is 0 Å². The molecule has 0 radical (unpaired) electrons. The van der Waals surface area contributed by atoms with Crippen molar-refractivity contribution in [1.82, 2.24) is 0 Å². The fourth-order valence-electron chi connectivity index (χ4n) is 1.47. The number of hydrogen-bond acceptors (Lipinski definition) is 5. The standard InChI is InChI=1S/C8H16O5.6CH4/c1-4-5(3-9)13-8(12-2)7(11)6(4)10;;;;;;/h4-11H,3H2,1-2H3;6*1H4. The molecular weight excluding hydrogens is 248 g/mol. The van der Waals surface area contributed by atoms with Crippen LogP contribution in [-0.4, -0.2) is 53.6 Å². The molecule has 0 spiro atoms. The summed E-state index contributed by atoms with van der Waals surface area (Å²) in [5.74, 6) is -0.300. The van der Waals surface area contributed by atoms with E-state index in [1.165, 1.54) is 7.11 Å². The minimum atomic E-state index is -1.05. The topological polar surface area (TPSA) is 79.2 Å². The van der Waals surface area contributed by atoms with Gasteiger partial charge in [-0.3, -0.25) is 0 Å². The van der Waals surface area contributed by atoms with Gasteiger partial charge < -0.3 is 24.8 Å². The van der Waals surface area contributed by atoms with E-state index in [4.69, 9.17) is 14.6 Å². The summed E-state index contributed by atoms with van der Waals surface area (Å²) in [4.78, 5) is 0. The molecule has 0 aromatic heterocycles. The van der Waals surface area contributed by atoms with Crippen LogP contribution < -0.4 is 0 Å². The van der Waals surface area contributed by atoms with Crippen LogP contribution in [0.1, 0.15) is 51.5 Å². The maximum Gasteiger partial charge on any atom is 0.186 e. The Morgan fingerprint density at radius 1 is 0.947 bits per heavy atom. The molecule has 1 fully saturated rings. The molecule has 126 valence electrons. The van der Waals surface area contributed by atoms with Crippen molar-refractivity contribution in [3.63, 3.8) is 0 Å². The Bertz CT molecular complexity index is 146. The lowest BCUT2D eigenvalue weighted by Gasteiger charge is -2.40. The molecule has 0 bridgehead atoms. The van der Waals surface area contributed by atoms with Crippen molar-refractivity contribution in [3.8, 4) is 0 Å². The first-order valence-corrected chi connectivity index (χ1v) is 4.27. The monoisotopic (exact) mass is 288 g/mol. The summed E-state index contributed by atoms with van der Waals surface area (Å²) in [5, 5.41) is 27.9. The van der Waals surface area contributed by atoms with Gasteiger partial charge in [0.2, 0.25) is 0 Å². The highest BCUT2D eigenvalue weighted by molar-refractivity contribution is 4.86. The van der Waals surface area contributed by atoms with Crippen LogP contribution >= 0.6 is 0 Å². The molecule has 1 heterocycles. The summed E-state index contributed by atoms with van der Waals surface area (Å²) in [6.45, 7) is 1.52. The van der Waals surface area contributed by atoms with Crippen molar-refractivity contribution in [1.29, 1.82) is 0 Å². The largest absolute Gasteiger partial charge is 0.394 e. The Kier molecular flexibility index (Phi) is 30.3. The first-order valence-electron chi connectivity index (χ1n) is 4.27. The maximum atomic E-state index is 9.53. The quantitative estimate of drug-likeness (QED) is 0.727. The Morgan fingerprint density at radius 3 is 1.68 bits per heavy atom. The van der Waals surface area contributed by atoms with Gasteiger partial charge in [0.1, 0.15) is 6.10 Å². The molecule has 1 aliphatic rings. The number of ether oxygens (including phenoxy) is 2. The van der Waals surface area contributed by atoms with Crippen molar-refractivity contribution in [2.75, 3.05) is 13.7 Å². The highest BCUT2D eigenvalue weighted by atomic mass is 16.7. The summed E-state index contributed by atoms with van der Waals surface area (Å²) in [6, 6.07) is 0. The van der Waals surface area contributed by atoms with E-state index in [0.29, 0.717) is 0 Å². The predicted octanol–water partition coefficient (Wildman–Crippen LogP) is 2.52. The van der Waals surface area contributed by atoms with Crippen LogP contribution in [0.2, 0.25) is 0 Å². The number of hydrogen-bond donors (Lipinski definition) is 3. The normalized spacial score (nSPS) is 31.7. The van der Waals surface area contributed by atoms with E-state index in [-0.39, 0.29) is 57.1 Å². The molecule has 0 aromatic rings. The molecule has 19 heavy (non-hydrogen) atoms. The van der Waals surface area contributed by atoms with E-state index in [1.54, 1.807) is 6.92 Å². The van der Waals surface area contributed by atoms with Crippen LogP contribution in [-0.2, 0) is 9.47 Å². The van der Waals surface area contributed by atoms with Gasteiger partial charge in [0.05, 0.1) is 18.8 Å². The van der Waals surface area contributed by atoms with E-state index < -0.39 is 24.6 Å². The van der Waals surface area contributed by atoms with Crippen molar-refractivity contribution in [2.45, 2.75) is 76.1 Å². The van der Waals surface area contributed by atoms with Gasteiger partial charge in [-0.2, -0.15) is 0 Å². The minimum absolute atomic E-state index is 0. The summed E-state index contributed by atoms with van der Waals surface area (Å²) in [5.41, 5.74) is 0. The van der Waals surface area contributed by atoms with Crippen LogP contribution in [0.5, 0.6) is 0 Å². The second kappa shape index (κ2) is 15.9. The Balaban J connectivity index is -0.0000000704. The SMILES string of the molecule is C.C.C.C.C.C.COC1OC(CO)C(C)C(O)C1O. The maximum absolute atomic E-state index is 9.53. The molecule has 1 aliphatic heterocycles. The van der Waals surface area contributed by atoms with Crippen molar-refractivity contribution < 1.29 is 24.8 Å². The molecule has 1 rings (SSSR count). The van der Waals surface area contributed by atoms with Gasteiger partial charge in [-0.15, -0.1) is 0 Å². The summed E-state index contributed by atoms with van der Waals surface area (Å²) in [7, 11) is 1.38. The first-order chi connectivity index (χ1) is 6.11. The third kappa shape index (κ3) is 7.84. The van der Waals surface area contributed by atoms with Crippen LogP contribution in [0.4, 0.5) is 0 Å². The molecule has 0 aromatic carbocycles. The van der Waals surface area contributed by atoms with Crippen molar-refractivity contribution in [2.24, 2.45) is 5.92 Å². The van der Waals surface area contributed by atoms with Crippen molar-refractivity contribution in [3.05, 3.63) is 0 Å². The molecule has 0 aliphatic carbocycles. The minimum Gasteiger partial charge on any atom is -0.394 e. The Labute approximate surface area is 121 Å². The summed E-state index contributed by atoms with van der Waals surface area (Å²) >= 11 is 0. The van der Waals surface area contributed by atoms with E-state index in [9.17, 15) is 10.2 Å². The van der Waals surface area contributed by atoms with Gasteiger partial charge in [-0.05, 0) is 0 Å². The third-order valence-electron chi connectivity index (χ3n) is 2.48.